The van der Waals surface area contributed by atoms with Gasteiger partial charge in [0.2, 0.25) is 0 Å². The number of aliphatic carboxylic acids is 1. The van der Waals surface area contributed by atoms with Crippen molar-refractivity contribution in [2.24, 2.45) is 0 Å². The molecule has 3 N–H and O–H groups in total. The molecule has 20 heavy (non-hydrogen) atoms. The van der Waals surface area contributed by atoms with Crippen molar-refractivity contribution >= 4 is 11.7 Å². The Morgan fingerprint density at radius 1 is 1.45 bits per heavy atom. The van der Waals surface area contributed by atoms with Crippen LogP contribution in [0.15, 0.2) is 18.2 Å². The van der Waals surface area contributed by atoms with Crippen molar-refractivity contribution in [3.05, 3.63) is 46.5 Å². The summed E-state index contributed by atoms with van der Waals surface area (Å²) >= 11 is 0. The van der Waals surface area contributed by atoms with Gasteiger partial charge in [0.25, 0.3) is 0 Å². The van der Waals surface area contributed by atoms with E-state index in [9.17, 15) is 9.18 Å². The van der Waals surface area contributed by atoms with E-state index < -0.39 is 11.8 Å². The first-order chi connectivity index (χ1) is 9.38. The van der Waals surface area contributed by atoms with E-state index >= 15 is 0 Å². The molecule has 1 aromatic carbocycles. The molecular weight excluding hydrogens is 261 g/mol. The molecule has 0 saturated carbocycles. The summed E-state index contributed by atoms with van der Waals surface area (Å²) in [5.41, 5.74) is 8.40. The molecule has 0 aliphatic rings. The fourth-order valence-corrected chi connectivity index (χ4v) is 2.15. The maximum Gasteiger partial charge on any atom is 0.307 e. The van der Waals surface area contributed by atoms with Crippen LogP contribution in [0.1, 0.15) is 22.5 Å². The molecule has 5 nitrogen and oxygen atoms in total. The summed E-state index contributed by atoms with van der Waals surface area (Å²) in [6.45, 7) is 3.78. The molecule has 0 saturated heterocycles. The van der Waals surface area contributed by atoms with Gasteiger partial charge in [-0.05, 0) is 26.0 Å². The van der Waals surface area contributed by atoms with Crippen molar-refractivity contribution in [3.8, 4) is 0 Å². The number of halogens is 1. The van der Waals surface area contributed by atoms with E-state index in [0.29, 0.717) is 22.5 Å². The summed E-state index contributed by atoms with van der Waals surface area (Å²) in [4.78, 5) is 10.8. The molecule has 106 valence electrons. The second-order valence-corrected chi connectivity index (χ2v) is 4.73. The second kappa shape index (κ2) is 5.32. The first kappa shape index (κ1) is 14.0. The highest BCUT2D eigenvalue weighted by Crippen LogP contribution is 2.18. The molecule has 1 aromatic heterocycles. The number of carboxylic acid groups (broad SMARTS) is 1. The normalized spacial score (nSPS) is 10.8. The van der Waals surface area contributed by atoms with Gasteiger partial charge in [0.1, 0.15) is 5.82 Å². The number of carboxylic acids is 1. The zero-order valence-electron chi connectivity index (χ0n) is 11.4. The number of aromatic nitrogens is 2. The van der Waals surface area contributed by atoms with Crippen LogP contribution >= 0.6 is 0 Å². The van der Waals surface area contributed by atoms with Gasteiger partial charge in [-0.3, -0.25) is 9.48 Å². The number of aryl methyl sites for hydroxylation is 1. The Morgan fingerprint density at radius 3 is 2.75 bits per heavy atom. The molecule has 2 aromatic rings. The van der Waals surface area contributed by atoms with E-state index in [1.165, 1.54) is 6.07 Å². The average Bonchev–Trinajstić information content (AvgIpc) is 2.60. The quantitative estimate of drug-likeness (QED) is 0.836. The van der Waals surface area contributed by atoms with Crippen LogP contribution in [0, 0.1) is 19.7 Å². The minimum Gasteiger partial charge on any atom is -0.481 e. The van der Waals surface area contributed by atoms with Gasteiger partial charge in [-0.15, -0.1) is 0 Å². The van der Waals surface area contributed by atoms with Crippen molar-refractivity contribution in [2.75, 3.05) is 5.73 Å². The number of anilines is 1. The number of hydrogen-bond acceptors (Lipinski definition) is 3. The topological polar surface area (TPSA) is 81.1 Å². The van der Waals surface area contributed by atoms with Crippen LogP contribution in [0.25, 0.3) is 0 Å². The van der Waals surface area contributed by atoms with Crippen LogP contribution in [0.3, 0.4) is 0 Å². The molecule has 6 heteroatoms. The SMILES string of the molecule is Cc1nn(Cc2ccc(N)cc2F)c(C)c1CC(=O)O. The molecule has 0 fully saturated rings. The number of nitrogen functional groups attached to an aromatic ring is 1. The molecule has 0 aliphatic carbocycles. The van der Waals surface area contributed by atoms with Crippen molar-refractivity contribution in [3.63, 3.8) is 0 Å². The largest absolute Gasteiger partial charge is 0.481 e. The number of hydrogen-bond donors (Lipinski definition) is 2. The highest BCUT2D eigenvalue weighted by Gasteiger charge is 2.15. The minimum absolute atomic E-state index is 0.0815. The lowest BCUT2D eigenvalue weighted by molar-refractivity contribution is -0.136. The van der Waals surface area contributed by atoms with Gasteiger partial charge >= 0.3 is 5.97 Å². The van der Waals surface area contributed by atoms with E-state index in [1.54, 1.807) is 30.7 Å². The zero-order chi connectivity index (χ0) is 14.9. The molecule has 0 spiro atoms. The molecule has 0 radical (unpaired) electrons. The summed E-state index contributed by atoms with van der Waals surface area (Å²) in [7, 11) is 0. The van der Waals surface area contributed by atoms with Crippen molar-refractivity contribution < 1.29 is 14.3 Å². The monoisotopic (exact) mass is 277 g/mol. The molecule has 1 heterocycles. The van der Waals surface area contributed by atoms with Gasteiger partial charge in [-0.1, -0.05) is 6.07 Å². The van der Waals surface area contributed by atoms with Gasteiger partial charge in [0, 0.05) is 22.5 Å². The summed E-state index contributed by atoms with van der Waals surface area (Å²) in [6, 6.07) is 4.50. The van der Waals surface area contributed by atoms with Gasteiger partial charge in [-0.2, -0.15) is 5.10 Å². The third-order valence-electron chi connectivity index (χ3n) is 3.26. The third kappa shape index (κ3) is 2.79. The molecule has 2 rings (SSSR count). The highest BCUT2D eigenvalue weighted by molar-refractivity contribution is 5.70. The van der Waals surface area contributed by atoms with Gasteiger partial charge < -0.3 is 10.8 Å². The van der Waals surface area contributed by atoms with E-state index in [-0.39, 0.29) is 13.0 Å². The predicted molar refractivity (Wildman–Crippen MR) is 73.0 cm³/mol. The Kier molecular flexibility index (Phi) is 3.74. The Balaban J connectivity index is 2.32. The molecule has 0 aliphatic heterocycles. The Hall–Kier alpha value is -2.37. The molecule has 0 bridgehead atoms. The highest BCUT2D eigenvalue weighted by atomic mass is 19.1. The smallest absolute Gasteiger partial charge is 0.307 e. The number of carbonyl (C=O) groups is 1. The maximum atomic E-state index is 13.8. The molecular formula is C14H16FN3O2. The molecule has 0 unspecified atom stereocenters. The van der Waals surface area contributed by atoms with Crippen LogP contribution < -0.4 is 5.73 Å². The summed E-state index contributed by atoms with van der Waals surface area (Å²) in [5, 5.41) is 13.2. The number of benzene rings is 1. The lowest BCUT2D eigenvalue weighted by Crippen LogP contribution is -2.07. The fourth-order valence-electron chi connectivity index (χ4n) is 2.15. The Morgan fingerprint density at radius 2 is 2.15 bits per heavy atom. The number of nitrogens with zero attached hydrogens (tertiary/aromatic N) is 2. The first-order valence-electron chi connectivity index (χ1n) is 6.17. The zero-order valence-corrected chi connectivity index (χ0v) is 11.4. The number of nitrogens with two attached hydrogens (primary N) is 1. The predicted octanol–water partition coefficient (Wildman–Crippen LogP) is 1.90. The summed E-state index contributed by atoms with van der Waals surface area (Å²) in [5.74, 6) is -1.30. The van der Waals surface area contributed by atoms with Crippen molar-refractivity contribution in [1.29, 1.82) is 0 Å². The van der Waals surface area contributed by atoms with Gasteiger partial charge in [0.15, 0.2) is 0 Å². The Bertz CT molecular complexity index is 665. The second-order valence-electron chi connectivity index (χ2n) is 4.73. The first-order valence-corrected chi connectivity index (χ1v) is 6.17. The summed E-state index contributed by atoms with van der Waals surface area (Å²) in [6.07, 6.45) is -0.0815. The van der Waals surface area contributed by atoms with Crippen LogP contribution in [-0.2, 0) is 17.8 Å². The fraction of sp³-hybridized carbons (Fsp3) is 0.286. The Labute approximate surface area is 115 Å². The molecule has 0 amide bonds. The third-order valence-corrected chi connectivity index (χ3v) is 3.26. The van der Waals surface area contributed by atoms with E-state index in [4.69, 9.17) is 10.8 Å². The van der Waals surface area contributed by atoms with Crippen molar-refractivity contribution in [2.45, 2.75) is 26.8 Å². The lowest BCUT2D eigenvalue weighted by atomic mass is 10.1. The van der Waals surface area contributed by atoms with Crippen LogP contribution in [-0.4, -0.2) is 20.9 Å². The minimum atomic E-state index is -0.908. The van der Waals surface area contributed by atoms with Gasteiger partial charge in [-0.25, -0.2) is 4.39 Å². The number of rotatable bonds is 4. The standard InChI is InChI=1S/C14H16FN3O2/c1-8-12(6-14(19)20)9(2)18(17-8)7-10-3-4-11(16)5-13(10)15/h3-5H,6-7,16H2,1-2H3,(H,19,20). The van der Waals surface area contributed by atoms with E-state index in [1.807, 2.05) is 0 Å². The maximum absolute atomic E-state index is 13.8. The molecule has 0 atom stereocenters. The average molecular weight is 277 g/mol. The van der Waals surface area contributed by atoms with Crippen molar-refractivity contribution in [1.82, 2.24) is 9.78 Å². The van der Waals surface area contributed by atoms with E-state index in [0.717, 1.165) is 5.69 Å². The van der Waals surface area contributed by atoms with Crippen LogP contribution in [0.4, 0.5) is 10.1 Å². The van der Waals surface area contributed by atoms with Gasteiger partial charge in [0.05, 0.1) is 18.7 Å². The summed E-state index contributed by atoms with van der Waals surface area (Å²) < 4.78 is 15.4. The lowest BCUT2D eigenvalue weighted by Gasteiger charge is -2.07. The van der Waals surface area contributed by atoms with E-state index in [2.05, 4.69) is 5.10 Å². The van der Waals surface area contributed by atoms with Crippen LogP contribution in [0.5, 0.6) is 0 Å². The van der Waals surface area contributed by atoms with Crippen LogP contribution in [0.2, 0.25) is 0 Å².